The van der Waals surface area contributed by atoms with E-state index in [2.05, 4.69) is 41.1 Å². The highest BCUT2D eigenvalue weighted by atomic mass is 15.2. The molecular formula is C15H26N4. The van der Waals surface area contributed by atoms with Crippen LogP contribution >= 0.6 is 0 Å². The van der Waals surface area contributed by atoms with Crippen LogP contribution in [0.1, 0.15) is 44.0 Å². The second-order valence-electron chi connectivity index (χ2n) is 5.85. The molecule has 0 aromatic carbocycles. The first-order valence-electron chi connectivity index (χ1n) is 7.28. The van der Waals surface area contributed by atoms with Gasteiger partial charge in [-0.15, -0.1) is 0 Å². The van der Waals surface area contributed by atoms with E-state index in [1.165, 1.54) is 25.7 Å². The maximum atomic E-state index is 4.66. The first-order valence-corrected chi connectivity index (χ1v) is 7.28. The molecule has 0 spiro atoms. The minimum Gasteiger partial charge on any atom is -0.373 e. The Balaban J connectivity index is 2.27. The van der Waals surface area contributed by atoms with Gasteiger partial charge < -0.3 is 10.2 Å². The Morgan fingerprint density at radius 2 is 1.95 bits per heavy atom. The van der Waals surface area contributed by atoms with Gasteiger partial charge in [0, 0.05) is 25.7 Å². The van der Waals surface area contributed by atoms with Gasteiger partial charge in [-0.1, -0.05) is 19.8 Å². The molecular weight excluding hydrogens is 236 g/mol. The second-order valence-corrected chi connectivity index (χ2v) is 5.85. The fourth-order valence-corrected chi connectivity index (χ4v) is 3.13. The molecule has 1 saturated carbocycles. The number of hydrogen-bond donors (Lipinski definition) is 1. The minimum atomic E-state index is 0.612. The van der Waals surface area contributed by atoms with Crippen LogP contribution in [0.2, 0.25) is 0 Å². The van der Waals surface area contributed by atoms with Crippen LogP contribution in [0.3, 0.4) is 0 Å². The van der Waals surface area contributed by atoms with E-state index in [-0.39, 0.29) is 0 Å². The van der Waals surface area contributed by atoms with Gasteiger partial charge in [0.05, 0.1) is 0 Å². The SMILES string of the molecule is CNc1nc(C)nc(N(C)C2CCCC(C)C2)c1C. The van der Waals surface area contributed by atoms with Crippen LogP contribution in [0.25, 0.3) is 0 Å². The van der Waals surface area contributed by atoms with Crippen LogP contribution in [-0.4, -0.2) is 30.1 Å². The van der Waals surface area contributed by atoms with Crippen LogP contribution < -0.4 is 10.2 Å². The lowest BCUT2D eigenvalue weighted by Crippen LogP contribution is -2.36. The largest absolute Gasteiger partial charge is 0.373 e. The van der Waals surface area contributed by atoms with Gasteiger partial charge in [0.1, 0.15) is 17.5 Å². The van der Waals surface area contributed by atoms with Gasteiger partial charge in [-0.25, -0.2) is 9.97 Å². The zero-order valence-electron chi connectivity index (χ0n) is 12.8. The van der Waals surface area contributed by atoms with Crippen LogP contribution in [0.5, 0.6) is 0 Å². The summed E-state index contributed by atoms with van der Waals surface area (Å²) in [7, 11) is 4.10. The van der Waals surface area contributed by atoms with Crippen molar-refractivity contribution in [1.82, 2.24) is 9.97 Å². The molecule has 0 saturated heterocycles. The number of aromatic nitrogens is 2. The lowest BCUT2D eigenvalue weighted by atomic mass is 9.86. The number of rotatable bonds is 3. The van der Waals surface area contributed by atoms with Gasteiger partial charge in [-0.2, -0.15) is 0 Å². The fourth-order valence-electron chi connectivity index (χ4n) is 3.13. The first-order chi connectivity index (χ1) is 9.02. The lowest BCUT2D eigenvalue weighted by Gasteiger charge is -2.35. The minimum absolute atomic E-state index is 0.612. The summed E-state index contributed by atoms with van der Waals surface area (Å²) >= 11 is 0. The molecule has 2 unspecified atom stereocenters. The van der Waals surface area contributed by atoms with E-state index >= 15 is 0 Å². The highest BCUT2D eigenvalue weighted by Crippen LogP contribution is 2.31. The molecule has 1 fully saturated rings. The summed E-state index contributed by atoms with van der Waals surface area (Å²) in [4.78, 5) is 11.5. The molecule has 1 heterocycles. The van der Waals surface area contributed by atoms with Gasteiger partial charge in [-0.05, 0) is 32.6 Å². The molecule has 106 valence electrons. The van der Waals surface area contributed by atoms with Crippen LogP contribution in [0, 0.1) is 19.8 Å². The molecule has 1 aliphatic carbocycles. The van der Waals surface area contributed by atoms with E-state index in [9.17, 15) is 0 Å². The van der Waals surface area contributed by atoms with Gasteiger partial charge in [0.2, 0.25) is 0 Å². The number of hydrogen-bond acceptors (Lipinski definition) is 4. The average molecular weight is 262 g/mol. The quantitative estimate of drug-likeness (QED) is 0.908. The summed E-state index contributed by atoms with van der Waals surface area (Å²) in [5.74, 6) is 3.68. The van der Waals surface area contributed by atoms with Crippen molar-refractivity contribution in [1.29, 1.82) is 0 Å². The summed E-state index contributed by atoms with van der Waals surface area (Å²) in [5, 5.41) is 3.17. The van der Waals surface area contributed by atoms with Crippen molar-refractivity contribution >= 4 is 11.6 Å². The molecule has 0 aliphatic heterocycles. The standard InChI is InChI=1S/C15H26N4/c1-10-7-6-8-13(9-10)19(5)15-11(2)14(16-4)17-12(3)18-15/h10,13H,6-9H2,1-5H3,(H,16,17,18). The molecule has 2 rings (SSSR count). The fraction of sp³-hybridized carbons (Fsp3) is 0.733. The topological polar surface area (TPSA) is 41.1 Å². The Morgan fingerprint density at radius 3 is 2.58 bits per heavy atom. The normalized spacial score (nSPS) is 23.2. The van der Waals surface area contributed by atoms with Crippen molar-refractivity contribution in [3.8, 4) is 0 Å². The van der Waals surface area contributed by atoms with Crippen LogP contribution in [-0.2, 0) is 0 Å². The summed E-state index contributed by atoms with van der Waals surface area (Å²) in [5.41, 5.74) is 1.15. The molecule has 0 amide bonds. The summed E-state index contributed by atoms with van der Waals surface area (Å²) < 4.78 is 0. The van der Waals surface area contributed by atoms with E-state index < -0.39 is 0 Å². The summed E-state index contributed by atoms with van der Waals surface area (Å²) in [6.45, 7) is 6.42. The van der Waals surface area contributed by atoms with Crippen molar-refractivity contribution in [2.24, 2.45) is 5.92 Å². The monoisotopic (exact) mass is 262 g/mol. The Hall–Kier alpha value is -1.32. The smallest absolute Gasteiger partial charge is 0.137 e. The predicted molar refractivity (Wildman–Crippen MR) is 80.9 cm³/mol. The molecule has 4 heteroatoms. The molecule has 19 heavy (non-hydrogen) atoms. The van der Waals surface area contributed by atoms with E-state index in [1.54, 1.807) is 0 Å². The zero-order chi connectivity index (χ0) is 14.0. The van der Waals surface area contributed by atoms with Crippen molar-refractivity contribution < 1.29 is 0 Å². The molecule has 1 aromatic rings. The summed E-state index contributed by atoms with van der Waals surface area (Å²) in [6, 6.07) is 0.612. The molecule has 1 aliphatic rings. The van der Waals surface area contributed by atoms with Crippen LogP contribution in [0.4, 0.5) is 11.6 Å². The maximum absolute atomic E-state index is 4.66. The van der Waals surface area contributed by atoms with Gasteiger partial charge in [0.15, 0.2) is 0 Å². The van der Waals surface area contributed by atoms with Gasteiger partial charge in [-0.3, -0.25) is 0 Å². The summed E-state index contributed by atoms with van der Waals surface area (Å²) in [6.07, 6.45) is 5.25. The zero-order valence-corrected chi connectivity index (χ0v) is 12.8. The Bertz CT molecular complexity index is 444. The van der Waals surface area contributed by atoms with Crippen molar-refractivity contribution in [2.75, 3.05) is 24.3 Å². The Labute approximate surface area is 116 Å². The molecule has 0 bridgehead atoms. The highest BCUT2D eigenvalue weighted by molar-refractivity contribution is 5.58. The third-order valence-corrected chi connectivity index (χ3v) is 4.26. The predicted octanol–water partition coefficient (Wildman–Crippen LogP) is 3.15. The third-order valence-electron chi connectivity index (χ3n) is 4.26. The highest BCUT2D eigenvalue weighted by Gasteiger charge is 2.25. The molecule has 1 N–H and O–H groups in total. The van der Waals surface area contributed by atoms with Crippen molar-refractivity contribution in [2.45, 2.75) is 52.5 Å². The van der Waals surface area contributed by atoms with Crippen molar-refractivity contribution in [3.63, 3.8) is 0 Å². The number of aryl methyl sites for hydroxylation is 1. The van der Waals surface area contributed by atoms with E-state index in [4.69, 9.17) is 0 Å². The Morgan fingerprint density at radius 1 is 1.21 bits per heavy atom. The lowest BCUT2D eigenvalue weighted by molar-refractivity contribution is 0.335. The van der Waals surface area contributed by atoms with Crippen LogP contribution in [0.15, 0.2) is 0 Å². The second kappa shape index (κ2) is 5.76. The van der Waals surface area contributed by atoms with E-state index in [0.717, 1.165) is 28.9 Å². The van der Waals surface area contributed by atoms with Crippen molar-refractivity contribution in [3.05, 3.63) is 11.4 Å². The van der Waals surface area contributed by atoms with E-state index in [1.807, 2.05) is 14.0 Å². The molecule has 0 radical (unpaired) electrons. The average Bonchev–Trinajstić information content (AvgIpc) is 2.40. The molecule has 4 nitrogen and oxygen atoms in total. The Kier molecular flexibility index (Phi) is 4.27. The third kappa shape index (κ3) is 2.99. The molecule has 2 atom stereocenters. The first kappa shape index (κ1) is 14.1. The number of anilines is 2. The van der Waals surface area contributed by atoms with E-state index in [0.29, 0.717) is 6.04 Å². The van der Waals surface area contributed by atoms with Gasteiger partial charge >= 0.3 is 0 Å². The number of nitrogens with zero attached hydrogens (tertiary/aromatic N) is 3. The number of nitrogens with one attached hydrogen (secondary N) is 1. The van der Waals surface area contributed by atoms with Gasteiger partial charge in [0.25, 0.3) is 0 Å². The maximum Gasteiger partial charge on any atom is 0.137 e. The molecule has 1 aromatic heterocycles.